The minimum atomic E-state index is -0.921. The predicted octanol–water partition coefficient (Wildman–Crippen LogP) is 1.19. The Morgan fingerprint density at radius 3 is 2.38 bits per heavy atom. The molecule has 0 saturated carbocycles. The lowest BCUT2D eigenvalue weighted by molar-refractivity contribution is -0.146. The van der Waals surface area contributed by atoms with E-state index in [0.717, 1.165) is 0 Å². The van der Waals surface area contributed by atoms with Crippen molar-refractivity contribution in [3.63, 3.8) is 0 Å². The van der Waals surface area contributed by atoms with E-state index in [1.54, 1.807) is 19.9 Å². The van der Waals surface area contributed by atoms with Crippen LogP contribution < -0.4 is 10.6 Å². The Hall–Kier alpha value is -2.44. The fraction of sp³-hybridized carbons (Fsp3) is 0.471. The van der Waals surface area contributed by atoms with Crippen molar-refractivity contribution in [3.8, 4) is 0 Å². The van der Waals surface area contributed by atoms with Crippen molar-refractivity contribution < 1.29 is 23.5 Å². The summed E-state index contributed by atoms with van der Waals surface area (Å²) in [6.45, 7) is 4.82. The van der Waals surface area contributed by atoms with Crippen LogP contribution in [0.2, 0.25) is 0 Å². The molecule has 132 valence electrons. The summed E-state index contributed by atoms with van der Waals surface area (Å²) in [5.41, 5.74) is 0.558. The Balaban J connectivity index is 2.91. The first-order valence-electron chi connectivity index (χ1n) is 7.64. The van der Waals surface area contributed by atoms with Crippen molar-refractivity contribution in [2.24, 2.45) is 5.92 Å². The number of methoxy groups -OCH3 is 1. The van der Waals surface area contributed by atoms with E-state index >= 15 is 0 Å². The molecule has 0 fully saturated rings. The van der Waals surface area contributed by atoms with Gasteiger partial charge in [0, 0.05) is 13.3 Å². The molecule has 0 aromatic heterocycles. The fourth-order valence-electron chi connectivity index (χ4n) is 2.23. The van der Waals surface area contributed by atoms with Crippen molar-refractivity contribution in [1.82, 2.24) is 10.6 Å². The first-order chi connectivity index (χ1) is 11.2. The van der Waals surface area contributed by atoms with Gasteiger partial charge < -0.3 is 15.4 Å². The van der Waals surface area contributed by atoms with Crippen LogP contribution in [-0.4, -0.2) is 37.0 Å². The maximum absolute atomic E-state index is 13.3. The highest BCUT2D eigenvalue weighted by atomic mass is 19.1. The van der Waals surface area contributed by atoms with Crippen LogP contribution in [0.4, 0.5) is 4.39 Å². The summed E-state index contributed by atoms with van der Waals surface area (Å²) in [6.07, 6.45) is 0.106. The highest BCUT2D eigenvalue weighted by Gasteiger charge is 2.29. The van der Waals surface area contributed by atoms with Gasteiger partial charge in [0.2, 0.25) is 11.8 Å². The van der Waals surface area contributed by atoms with Gasteiger partial charge in [0.05, 0.1) is 7.11 Å². The smallest absolute Gasteiger partial charge is 0.328 e. The number of hydrogen-bond donors (Lipinski definition) is 2. The molecule has 0 bridgehead atoms. The average Bonchev–Trinajstić information content (AvgIpc) is 2.50. The normalized spacial score (nSPS) is 13.1. The molecule has 0 aliphatic heterocycles. The van der Waals surface area contributed by atoms with Gasteiger partial charge in [-0.1, -0.05) is 26.0 Å². The van der Waals surface area contributed by atoms with Gasteiger partial charge in [0.1, 0.15) is 17.9 Å². The van der Waals surface area contributed by atoms with Gasteiger partial charge in [-0.05, 0) is 23.6 Å². The third-order valence-corrected chi connectivity index (χ3v) is 3.44. The number of hydrogen-bond acceptors (Lipinski definition) is 4. The van der Waals surface area contributed by atoms with E-state index in [2.05, 4.69) is 15.4 Å². The molecule has 2 atom stereocenters. The number of rotatable bonds is 7. The van der Waals surface area contributed by atoms with Gasteiger partial charge in [-0.2, -0.15) is 0 Å². The molecule has 0 aliphatic rings. The number of carbonyl (C=O) groups is 3. The number of amides is 2. The van der Waals surface area contributed by atoms with Gasteiger partial charge in [0.25, 0.3) is 0 Å². The summed E-state index contributed by atoms with van der Waals surface area (Å²) < 4.78 is 18.0. The van der Waals surface area contributed by atoms with Crippen molar-refractivity contribution in [2.75, 3.05) is 7.11 Å². The second-order valence-corrected chi connectivity index (χ2v) is 5.84. The minimum absolute atomic E-state index is 0.106. The maximum atomic E-state index is 13.3. The van der Waals surface area contributed by atoms with Crippen molar-refractivity contribution in [1.29, 1.82) is 0 Å². The highest BCUT2D eigenvalue weighted by Crippen LogP contribution is 2.09. The van der Waals surface area contributed by atoms with Gasteiger partial charge >= 0.3 is 5.97 Å². The molecule has 2 amide bonds. The van der Waals surface area contributed by atoms with E-state index in [1.165, 1.54) is 32.2 Å². The van der Waals surface area contributed by atoms with E-state index in [9.17, 15) is 18.8 Å². The molecule has 1 aromatic rings. The highest BCUT2D eigenvalue weighted by molar-refractivity contribution is 5.90. The molecular formula is C17H23FN2O4. The number of esters is 1. The minimum Gasteiger partial charge on any atom is -0.467 e. The number of carbonyl (C=O) groups excluding carboxylic acids is 3. The number of ether oxygens (including phenoxy) is 1. The van der Waals surface area contributed by atoms with E-state index in [1.807, 2.05) is 0 Å². The molecule has 2 N–H and O–H groups in total. The molecule has 24 heavy (non-hydrogen) atoms. The standard InChI is InChI=1S/C17H23FN2O4/c1-10(2)15(17(23)24-4)20-16(22)14(19-11(3)21)9-12-6-5-7-13(18)8-12/h5-8,10,14-15H,9H2,1-4H3,(H,19,21)(H,20,22)/t14-,15+/m1/s1. The third-order valence-electron chi connectivity index (χ3n) is 3.44. The molecule has 0 unspecified atom stereocenters. The molecule has 0 saturated heterocycles. The molecule has 0 radical (unpaired) electrons. The zero-order valence-electron chi connectivity index (χ0n) is 14.3. The lowest BCUT2D eigenvalue weighted by atomic mass is 10.0. The lowest BCUT2D eigenvalue weighted by Gasteiger charge is -2.24. The zero-order chi connectivity index (χ0) is 18.3. The summed E-state index contributed by atoms with van der Waals surface area (Å²) in [7, 11) is 1.24. The number of nitrogens with one attached hydrogen (secondary N) is 2. The summed E-state index contributed by atoms with van der Waals surface area (Å²) >= 11 is 0. The predicted molar refractivity (Wildman–Crippen MR) is 86.5 cm³/mol. The molecule has 0 aliphatic carbocycles. The van der Waals surface area contributed by atoms with Gasteiger partial charge in [-0.3, -0.25) is 9.59 Å². The SMILES string of the molecule is COC(=O)[C@@H](NC(=O)[C@@H](Cc1cccc(F)c1)NC(C)=O)C(C)C. The summed E-state index contributed by atoms with van der Waals surface area (Å²) in [6, 6.07) is 4.02. The molecule has 1 rings (SSSR count). The largest absolute Gasteiger partial charge is 0.467 e. The lowest BCUT2D eigenvalue weighted by Crippen LogP contribution is -2.53. The topological polar surface area (TPSA) is 84.5 Å². The number of halogens is 1. The van der Waals surface area contributed by atoms with Crippen LogP contribution >= 0.6 is 0 Å². The van der Waals surface area contributed by atoms with Crippen LogP contribution in [0.15, 0.2) is 24.3 Å². The third kappa shape index (κ3) is 5.98. The van der Waals surface area contributed by atoms with Crippen LogP contribution in [-0.2, 0) is 25.5 Å². The van der Waals surface area contributed by atoms with Crippen LogP contribution in [0.3, 0.4) is 0 Å². The van der Waals surface area contributed by atoms with Gasteiger partial charge in [-0.25, -0.2) is 9.18 Å². The summed E-state index contributed by atoms with van der Waals surface area (Å²) in [5, 5.41) is 5.11. The zero-order valence-corrected chi connectivity index (χ0v) is 14.3. The first-order valence-corrected chi connectivity index (χ1v) is 7.64. The van der Waals surface area contributed by atoms with E-state index in [-0.39, 0.29) is 12.3 Å². The van der Waals surface area contributed by atoms with Crippen molar-refractivity contribution in [3.05, 3.63) is 35.6 Å². The molecule has 0 spiro atoms. The van der Waals surface area contributed by atoms with Crippen LogP contribution in [0, 0.1) is 11.7 Å². The Bertz CT molecular complexity index is 604. The Kier molecular flexibility index (Phi) is 7.35. The van der Waals surface area contributed by atoms with E-state index in [0.29, 0.717) is 5.56 Å². The van der Waals surface area contributed by atoms with Gasteiger partial charge in [0.15, 0.2) is 0 Å². The van der Waals surface area contributed by atoms with Crippen LogP contribution in [0.1, 0.15) is 26.3 Å². The number of benzene rings is 1. The van der Waals surface area contributed by atoms with Gasteiger partial charge in [-0.15, -0.1) is 0 Å². The Morgan fingerprint density at radius 2 is 1.88 bits per heavy atom. The van der Waals surface area contributed by atoms with E-state index in [4.69, 9.17) is 0 Å². The van der Waals surface area contributed by atoms with Crippen molar-refractivity contribution >= 4 is 17.8 Å². The quantitative estimate of drug-likeness (QED) is 0.732. The Labute approximate surface area is 140 Å². The molecule has 1 aromatic carbocycles. The average molecular weight is 338 g/mol. The molecular weight excluding hydrogens is 315 g/mol. The monoisotopic (exact) mass is 338 g/mol. The molecule has 0 heterocycles. The van der Waals surface area contributed by atoms with Crippen molar-refractivity contribution in [2.45, 2.75) is 39.3 Å². The second kappa shape index (κ2) is 9.00. The van der Waals surface area contributed by atoms with Crippen LogP contribution in [0.25, 0.3) is 0 Å². The summed E-state index contributed by atoms with van der Waals surface area (Å²) in [4.78, 5) is 35.6. The fourth-order valence-corrected chi connectivity index (χ4v) is 2.23. The molecule has 6 nitrogen and oxygen atoms in total. The second-order valence-electron chi connectivity index (χ2n) is 5.84. The summed E-state index contributed by atoms with van der Waals surface area (Å²) in [5.74, 6) is -2.10. The van der Waals surface area contributed by atoms with Crippen LogP contribution in [0.5, 0.6) is 0 Å². The molecule has 7 heteroatoms. The first kappa shape index (κ1) is 19.6. The van der Waals surface area contributed by atoms with E-state index < -0.39 is 35.7 Å². The maximum Gasteiger partial charge on any atom is 0.328 e. The Morgan fingerprint density at radius 1 is 1.21 bits per heavy atom.